The molecule has 2 atom stereocenters. The predicted octanol–water partition coefficient (Wildman–Crippen LogP) is 4.55. The van der Waals surface area contributed by atoms with Crippen LogP contribution in [0.3, 0.4) is 0 Å². The fourth-order valence-corrected chi connectivity index (χ4v) is 5.15. The van der Waals surface area contributed by atoms with E-state index in [2.05, 4.69) is 36.5 Å². The lowest BCUT2D eigenvalue weighted by molar-refractivity contribution is -0.124. The van der Waals surface area contributed by atoms with Gasteiger partial charge in [0.25, 0.3) is 5.91 Å². The Kier molecular flexibility index (Phi) is 7.02. The molecule has 32 heavy (non-hydrogen) atoms. The van der Waals surface area contributed by atoms with Gasteiger partial charge in [0.05, 0.1) is 18.6 Å². The van der Waals surface area contributed by atoms with Gasteiger partial charge in [0.1, 0.15) is 0 Å². The van der Waals surface area contributed by atoms with E-state index >= 15 is 0 Å². The number of benzene rings is 2. The van der Waals surface area contributed by atoms with Crippen LogP contribution in [0.2, 0.25) is 0 Å². The highest BCUT2D eigenvalue weighted by atomic mass is 32.1. The smallest absolute Gasteiger partial charge is 0.254 e. The minimum absolute atomic E-state index is 0.0599. The molecule has 5 nitrogen and oxygen atoms in total. The van der Waals surface area contributed by atoms with Crippen molar-refractivity contribution in [3.63, 3.8) is 0 Å². The van der Waals surface area contributed by atoms with Gasteiger partial charge in [0, 0.05) is 30.6 Å². The summed E-state index contributed by atoms with van der Waals surface area (Å²) >= 11 is 1.57. The zero-order valence-electron chi connectivity index (χ0n) is 18.4. The summed E-state index contributed by atoms with van der Waals surface area (Å²) in [6, 6.07) is 19.4. The van der Waals surface area contributed by atoms with Crippen LogP contribution in [0.5, 0.6) is 0 Å². The maximum absolute atomic E-state index is 13.6. The number of thiophene rings is 1. The summed E-state index contributed by atoms with van der Waals surface area (Å²) in [5, 5.41) is 5.11. The van der Waals surface area contributed by atoms with E-state index in [1.165, 1.54) is 5.56 Å². The molecule has 1 N–H and O–H groups in total. The number of fused-ring (bicyclic) bond motifs is 1. The van der Waals surface area contributed by atoms with Gasteiger partial charge in [-0.3, -0.25) is 9.59 Å². The molecular weight excluding hydrogens is 420 g/mol. The number of nitrogens with zero attached hydrogens (tertiary/aromatic N) is 1. The summed E-state index contributed by atoms with van der Waals surface area (Å²) in [5.74, 6) is -0.630. The average Bonchev–Trinajstić information content (AvgIpc) is 3.37. The third kappa shape index (κ3) is 4.47. The molecule has 1 aromatic heterocycles. The number of hydrogen-bond donors (Lipinski definition) is 1. The number of carbonyl (C=O) groups excluding carboxylic acids is 2. The van der Waals surface area contributed by atoms with E-state index in [0.29, 0.717) is 25.3 Å². The van der Waals surface area contributed by atoms with E-state index in [1.54, 1.807) is 23.3 Å². The topological polar surface area (TPSA) is 58.6 Å². The van der Waals surface area contributed by atoms with Crippen molar-refractivity contribution in [2.75, 3.05) is 20.3 Å². The van der Waals surface area contributed by atoms with Crippen molar-refractivity contribution < 1.29 is 14.3 Å². The Morgan fingerprint density at radius 3 is 2.50 bits per heavy atom. The molecule has 2 unspecified atom stereocenters. The van der Waals surface area contributed by atoms with Crippen LogP contribution in [0.4, 0.5) is 0 Å². The zero-order valence-corrected chi connectivity index (χ0v) is 19.2. The standard InChI is InChI=1S/C26H28N2O3S/c1-3-18-10-12-19(13-11-18)17-27-25(29)23-20-7-4-5-8-21(20)26(30)28(14-15-31-2)24(23)22-9-6-16-32-22/h4-13,16,23-24H,3,14-15,17H2,1-2H3,(H,27,29). The highest BCUT2D eigenvalue weighted by Gasteiger charge is 2.44. The van der Waals surface area contributed by atoms with E-state index in [4.69, 9.17) is 4.74 Å². The minimum Gasteiger partial charge on any atom is -0.383 e. The highest BCUT2D eigenvalue weighted by Crippen LogP contribution is 2.44. The van der Waals surface area contributed by atoms with Crippen molar-refractivity contribution in [3.05, 3.63) is 93.2 Å². The third-order valence-corrected chi connectivity index (χ3v) is 6.93. The molecule has 6 heteroatoms. The van der Waals surface area contributed by atoms with Crippen LogP contribution >= 0.6 is 11.3 Å². The number of rotatable bonds is 8. The van der Waals surface area contributed by atoms with Crippen molar-refractivity contribution in [2.45, 2.75) is 31.8 Å². The second-order valence-electron chi connectivity index (χ2n) is 7.90. The van der Waals surface area contributed by atoms with E-state index in [-0.39, 0.29) is 17.9 Å². The van der Waals surface area contributed by atoms with Gasteiger partial charge in [-0.1, -0.05) is 55.5 Å². The lowest BCUT2D eigenvalue weighted by Gasteiger charge is -2.41. The third-order valence-electron chi connectivity index (χ3n) is 5.99. The predicted molar refractivity (Wildman–Crippen MR) is 127 cm³/mol. The van der Waals surface area contributed by atoms with Crippen molar-refractivity contribution in [2.24, 2.45) is 0 Å². The Bertz CT molecular complexity index is 1060. The van der Waals surface area contributed by atoms with Crippen molar-refractivity contribution in [3.8, 4) is 0 Å². The molecule has 3 aromatic rings. The van der Waals surface area contributed by atoms with Gasteiger partial charge in [-0.05, 0) is 40.6 Å². The molecule has 0 aliphatic carbocycles. The first kappa shape index (κ1) is 22.2. The summed E-state index contributed by atoms with van der Waals surface area (Å²) in [6.45, 7) is 3.41. The largest absolute Gasteiger partial charge is 0.383 e. The van der Waals surface area contributed by atoms with Crippen LogP contribution in [0.25, 0.3) is 0 Å². The molecule has 1 aliphatic heterocycles. The molecule has 1 aliphatic rings. The van der Waals surface area contributed by atoms with Crippen LogP contribution in [0.1, 0.15) is 50.8 Å². The lowest BCUT2D eigenvalue weighted by atomic mass is 9.81. The summed E-state index contributed by atoms with van der Waals surface area (Å²) in [7, 11) is 1.62. The van der Waals surface area contributed by atoms with Gasteiger partial charge < -0.3 is 15.0 Å². The monoisotopic (exact) mass is 448 g/mol. The number of amides is 2. The van der Waals surface area contributed by atoms with Gasteiger partial charge >= 0.3 is 0 Å². The molecule has 4 rings (SSSR count). The van der Waals surface area contributed by atoms with Crippen LogP contribution in [0, 0.1) is 0 Å². The first-order valence-corrected chi connectivity index (χ1v) is 11.8. The Morgan fingerprint density at radius 1 is 1.06 bits per heavy atom. The summed E-state index contributed by atoms with van der Waals surface area (Å²) < 4.78 is 5.28. The Hall–Kier alpha value is -2.96. The Balaban J connectivity index is 1.67. The molecule has 2 aromatic carbocycles. The van der Waals surface area contributed by atoms with Gasteiger partial charge in [-0.2, -0.15) is 0 Å². The molecule has 2 amide bonds. The summed E-state index contributed by atoms with van der Waals surface area (Å²) in [6.07, 6.45) is 0.985. The summed E-state index contributed by atoms with van der Waals surface area (Å²) in [4.78, 5) is 29.8. The number of carbonyl (C=O) groups is 2. The van der Waals surface area contributed by atoms with Crippen molar-refractivity contribution in [1.29, 1.82) is 0 Å². The summed E-state index contributed by atoms with van der Waals surface area (Å²) in [5.41, 5.74) is 3.69. The minimum atomic E-state index is -0.491. The SMILES string of the molecule is CCc1ccc(CNC(=O)C2c3ccccc3C(=O)N(CCOC)C2c2cccs2)cc1. The highest BCUT2D eigenvalue weighted by molar-refractivity contribution is 7.10. The van der Waals surface area contributed by atoms with E-state index in [1.807, 2.05) is 41.8 Å². The van der Waals surface area contributed by atoms with Gasteiger partial charge in [-0.25, -0.2) is 0 Å². The Morgan fingerprint density at radius 2 is 1.81 bits per heavy atom. The molecule has 0 fully saturated rings. The van der Waals surface area contributed by atoms with E-state index in [9.17, 15) is 9.59 Å². The van der Waals surface area contributed by atoms with Gasteiger partial charge in [-0.15, -0.1) is 11.3 Å². The van der Waals surface area contributed by atoms with Crippen LogP contribution in [-0.4, -0.2) is 37.0 Å². The van der Waals surface area contributed by atoms with E-state index in [0.717, 1.165) is 22.4 Å². The molecular formula is C26H28N2O3S. The van der Waals surface area contributed by atoms with Crippen LogP contribution in [-0.2, 0) is 22.5 Å². The van der Waals surface area contributed by atoms with Crippen LogP contribution in [0.15, 0.2) is 66.0 Å². The van der Waals surface area contributed by atoms with Crippen molar-refractivity contribution in [1.82, 2.24) is 10.2 Å². The normalized spacial score (nSPS) is 17.8. The fourth-order valence-electron chi connectivity index (χ4n) is 4.28. The molecule has 166 valence electrons. The molecule has 0 radical (unpaired) electrons. The van der Waals surface area contributed by atoms with Crippen molar-refractivity contribution >= 4 is 23.2 Å². The Labute approximate surface area is 193 Å². The van der Waals surface area contributed by atoms with Gasteiger partial charge in [0.15, 0.2) is 0 Å². The molecule has 0 spiro atoms. The fraction of sp³-hybridized carbons (Fsp3) is 0.308. The number of methoxy groups -OCH3 is 1. The molecule has 0 saturated heterocycles. The average molecular weight is 449 g/mol. The molecule has 0 bridgehead atoms. The number of nitrogens with one attached hydrogen (secondary N) is 1. The molecule has 2 heterocycles. The van der Waals surface area contributed by atoms with Crippen LogP contribution < -0.4 is 5.32 Å². The number of hydrogen-bond acceptors (Lipinski definition) is 4. The number of aryl methyl sites for hydroxylation is 1. The lowest BCUT2D eigenvalue weighted by Crippen LogP contribution is -2.48. The second-order valence-corrected chi connectivity index (χ2v) is 8.88. The first-order chi connectivity index (χ1) is 15.6. The van der Waals surface area contributed by atoms with E-state index < -0.39 is 5.92 Å². The second kappa shape index (κ2) is 10.1. The first-order valence-electron chi connectivity index (χ1n) is 10.9. The van der Waals surface area contributed by atoms with Gasteiger partial charge in [0.2, 0.25) is 5.91 Å². The zero-order chi connectivity index (χ0) is 22.5. The molecule has 0 saturated carbocycles. The quantitative estimate of drug-likeness (QED) is 0.550. The maximum Gasteiger partial charge on any atom is 0.254 e. The number of ether oxygens (including phenoxy) is 1. The maximum atomic E-state index is 13.6.